The lowest BCUT2D eigenvalue weighted by atomic mass is 9.93. The van der Waals surface area contributed by atoms with Crippen LogP contribution in [0.15, 0.2) is 20.6 Å². The lowest BCUT2D eigenvalue weighted by Gasteiger charge is -2.15. The Labute approximate surface area is 137 Å². The van der Waals surface area contributed by atoms with Crippen LogP contribution >= 0.6 is 22.9 Å². The van der Waals surface area contributed by atoms with Crippen LogP contribution in [0.3, 0.4) is 0 Å². The highest BCUT2D eigenvalue weighted by molar-refractivity contribution is 7.95. The second kappa shape index (κ2) is 7.31. The topological polar surface area (TPSA) is 42.3 Å². The largest absolute Gasteiger partial charge is 0.301 e. The summed E-state index contributed by atoms with van der Waals surface area (Å²) in [5.74, 6) is -1.92. The van der Waals surface area contributed by atoms with Gasteiger partial charge in [-0.25, -0.2) is 17.9 Å². The smallest absolute Gasteiger partial charge is 0.242 e. The van der Waals surface area contributed by atoms with Gasteiger partial charge in [-0.3, -0.25) is 0 Å². The predicted octanol–water partition coefficient (Wildman–Crippen LogP) is 5.41. The minimum Gasteiger partial charge on any atom is -0.242 e. The average molecular weight is 375 g/mol. The van der Waals surface area contributed by atoms with E-state index in [4.69, 9.17) is 11.6 Å². The molecule has 22 heavy (non-hydrogen) atoms. The summed E-state index contributed by atoms with van der Waals surface area (Å²) in [6.45, 7) is 7.58. The summed E-state index contributed by atoms with van der Waals surface area (Å²) in [5.41, 5.74) is 0.218. The Bertz CT molecular complexity index is 682. The molecule has 1 heterocycles. The van der Waals surface area contributed by atoms with Gasteiger partial charge in [0.15, 0.2) is 10.2 Å². The predicted molar refractivity (Wildman–Crippen MR) is 85.0 cm³/mol. The van der Waals surface area contributed by atoms with Gasteiger partial charge in [0, 0.05) is 24.1 Å². The standard InChI is InChI=1S/C13H18ClF3N2OS2/c1-5-18-22(20,7-6-8(15)11(16)17)12-19-9(10(14)21-12)13(2,3)4/h5-7H2,1-4H3. The lowest BCUT2D eigenvalue weighted by Crippen LogP contribution is -2.14. The molecule has 0 radical (unpaired) electrons. The normalized spacial score (nSPS) is 14.5. The Hall–Kier alpha value is -0.600. The number of halogens is 4. The fourth-order valence-corrected chi connectivity index (χ4v) is 5.74. The Morgan fingerprint density at radius 3 is 2.36 bits per heavy atom. The molecule has 3 nitrogen and oxygen atoms in total. The Kier molecular flexibility index (Phi) is 6.46. The molecule has 1 atom stereocenters. The second-order valence-corrected chi connectivity index (χ2v) is 9.75. The van der Waals surface area contributed by atoms with E-state index in [1.807, 2.05) is 20.8 Å². The third-order valence-electron chi connectivity index (χ3n) is 2.69. The zero-order valence-corrected chi connectivity index (χ0v) is 15.1. The Morgan fingerprint density at radius 1 is 1.36 bits per heavy atom. The van der Waals surface area contributed by atoms with Crippen molar-refractivity contribution in [2.45, 2.75) is 43.9 Å². The molecule has 1 aromatic rings. The Balaban J connectivity index is 3.25. The molecule has 0 fully saturated rings. The van der Waals surface area contributed by atoms with Crippen LogP contribution in [0, 0.1) is 0 Å². The van der Waals surface area contributed by atoms with Crippen molar-refractivity contribution in [2.75, 3.05) is 12.3 Å². The molecule has 9 heteroatoms. The molecule has 1 aromatic heterocycles. The van der Waals surface area contributed by atoms with Crippen molar-refractivity contribution in [2.24, 2.45) is 4.36 Å². The van der Waals surface area contributed by atoms with Crippen LogP contribution in [-0.2, 0) is 15.1 Å². The van der Waals surface area contributed by atoms with Gasteiger partial charge in [0.25, 0.3) is 0 Å². The van der Waals surface area contributed by atoms with Gasteiger partial charge < -0.3 is 0 Å². The molecular formula is C13H18ClF3N2OS2. The molecule has 0 aromatic carbocycles. The van der Waals surface area contributed by atoms with Crippen molar-refractivity contribution >= 4 is 32.7 Å². The van der Waals surface area contributed by atoms with Crippen LogP contribution in [0.2, 0.25) is 4.34 Å². The fraction of sp³-hybridized carbons (Fsp3) is 0.615. The van der Waals surface area contributed by atoms with E-state index < -0.39 is 28.1 Å². The minimum absolute atomic E-state index is 0.163. The maximum Gasteiger partial charge on any atom is 0.301 e. The highest BCUT2D eigenvalue weighted by Gasteiger charge is 2.27. The number of nitrogens with zero attached hydrogens (tertiary/aromatic N) is 2. The molecule has 0 saturated heterocycles. The molecule has 0 aliphatic rings. The van der Waals surface area contributed by atoms with Crippen LogP contribution in [0.4, 0.5) is 13.2 Å². The lowest BCUT2D eigenvalue weighted by molar-refractivity contribution is 0.373. The number of allylic oxidation sites excluding steroid dienone is 1. The first-order valence-corrected chi connectivity index (χ1v) is 9.46. The van der Waals surface area contributed by atoms with Crippen molar-refractivity contribution < 1.29 is 17.4 Å². The zero-order valence-electron chi connectivity index (χ0n) is 12.8. The first-order chi connectivity index (χ1) is 10.0. The number of hydrogen-bond acceptors (Lipinski definition) is 4. The molecule has 0 N–H and O–H groups in total. The van der Waals surface area contributed by atoms with Crippen LogP contribution in [0.1, 0.15) is 39.8 Å². The summed E-state index contributed by atoms with van der Waals surface area (Å²) in [5, 5.41) is 0. The van der Waals surface area contributed by atoms with Crippen LogP contribution < -0.4 is 0 Å². The van der Waals surface area contributed by atoms with Crippen molar-refractivity contribution in [3.8, 4) is 0 Å². The highest BCUT2D eigenvalue weighted by atomic mass is 35.5. The van der Waals surface area contributed by atoms with E-state index in [0.717, 1.165) is 11.3 Å². The van der Waals surface area contributed by atoms with Crippen LogP contribution in [0.5, 0.6) is 0 Å². The Morgan fingerprint density at radius 2 is 1.95 bits per heavy atom. The fourth-order valence-electron chi connectivity index (χ4n) is 1.62. The summed E-state index contributed by atoms with van der Waals surface area (Å²) in [6.07, 6.45) is -3.04. The van der Waals surface area contributed by atoms with Gasteiger partial charge in [-0.1, -0.05) is 43.7 Å². The van der Waals surface area contributed by atoms with E-state index >= 15 is 0 Å². The minimum atomic E-state index is -3.07. The molecular weight excluding hydrogens is 357 g/mol. The van der Waals surface area contributed by atoms with Gasteiger partial charge in [-0.15, -0.1) is 0 Å². The van der Waals surface area contributed by atoms with Crippen molar-refractivity contribution in [1.82, 2.24) is 4.98 Å². The number of hydrogen-bond donors (Lipinski definition) is 0. The van der Waals surface area contributed by atoms with Gasteiger partial charge in [0.05, 0.1) is 5.69 Å². The summed E-state index contributed by atoms with van der Waals surface area (Å²) in [4.78, 5) is 4.29. The molecule has 0 amide bonds. The number of rotatable bonds is 5. The molecule has 0 saturated carbocycles. The van der Waals surface area contributed by atoms with E-state index in [1.54, 1.807) is 6.92 Å². The molecule has 1 unspecified atom stereocenters. The van der Waals surface area contributed by atoms with Gasteiger partial charge >= 0.3 is 6.08 Å². The maximum absolute atomic E-state index is 13.0. The maximum atomic E-state index is 13.0. The van der Waals surface area contributed by atoms with Gasteiger partial charge in [0.2, 0.25) is 0 Å². The third-order valence-corrected chi connectivity index (χ3v) is 6.84. The van der Waals surface area contributed by atoms with Gasteiger partial charge in [-0.05, 0) is 6.92 Å². The second-order valence-electron chi connectivity index (χ2n) is 5.56. The number of aromatic nitrogens is 1. The molecule has 0 bridgehead atoms. The number of thiazole rings is 1. The first kappa shape index (κ1) is 19.4. The quantitative estimate of drug-likeness (QED) is 0.691. The van der Waals surface area contributed by atoms with E-state index in [-0.39, 0.29) is 22.1 Å². The van der Waals surface area contributed by atoms with Crippen LogP contribution in [0.25, 0.3) is 0 Å². The molecule has 0 aliphatic heterocycles. The first-order valence-electron chi connectivity index (χ1n) is 6.58. The monoisotopic (exact) mass is 374 g/mol. The third kappa shape index (κ3) is 4.70. The van der Waals surface area contributed by atoms with Crippen molar-refractivity contribution in [3.05, 3.63) is 21.9 Å². The van der Waals surface area contributed by atoms with Crippen molar-refractivity contribution in [3.63, 3.8) is 0 Å². The summed E-state index contributed by atoms with van der Waals surface area (Å²) >= 11 is 7.14. The van der Waals surface area contributed by atoms with Crippen LogP contribution in [-0.4, -0.2) is 21.5 Å². The van der Waals surface area contributed by atoms with E-state index in [2.05, 4.69) is 9.35 Å². The van der Waals surface area contributed by atoms with E-state index in [1.165, 1.54) is 0 Å². The van der Waals surface area contributed by atoms with E-state index in [9.17, 15) is 17.4 Å². The van der Waals surface area contributed by atoms with Gasteiger partial charge in [-0.2, -0.15) is 8.78 Å². The van der Waals surface area contributed by atoms with Gasteiger partial charge in [0.1, 0.15) is 14.1 Å². The van der Waals surface area contributed by atoms with E-state index in [0.29, 0.717) is 10.0 Å². The highest BCUT2D eigenvalue weighted by Crippen LogP contribution is 2.36. The summed E-state index contributed by atoms with van der Waals surface area (Å²) < 4.78 is 54.8. The SMILES string of the molecule is CCN=S(=O)(CCC(F)=C(F)F)c1nc(C(C)(C)C)c(Cl)s1. The summed E-state index contributed by atoms with van der Waals surface area (Å²) in [6, 6.07) is 0. The molecule has 0 spiro atoms. The molecule has 0 aliphatic carbocycles. The molecule has 126 valence electrons. The summed E-state index contributed by atoms with van der Waals surface area (Å²) in [7, 11) is -3.07. The molecule has 1 rings (SSSR count). The zero-order chi connectivity index (χ0) is 17.1. The average Bonchev–Trinajstić information content (AvgIpc) is 2.79. The van der Waals surface area contributed by atoms with Crippen molar-refractivity contribution in [1.29, 1.82) is 0 Å².